The minimum Gasteiger partial charge on any atom is -0.352 e. The Bertz CT molecular complexity index is 585. The maximum Gasteiger partial charge on any atom is 0.251 e. The second-order valence-electron chi connectivity index (χ2n) is 4.36. The molecule has 0 heterocycles. The Kier molecular flexibility index (Phi) is 5.63. The number of hydrogen-bond acceptors (Lipinski definition) is 1. The van der Waals surface area contributed by atoms with Gasteiger partial charge in [0.1, 0.15) is 0 Å². The summed E-state index contributed by atoms with van der Waals surface area (Å²) in [6, 6.07) is 11.9. The van der Waals surface area contributed by atoms with Gasteiger partial charge in [0.15, 0.2) is 0 Å². The standard InChI is InChI=1S/C15H15BrINO/c16-14-6-5-11-9-13(4-3-12(11)10-14)15(19)18-8-2-1-7-17/h3-6,9-10H,1-2,7-8H2,(H,18,19). The number of alkyl halides is 1. The van der Waals surface area contributed by atoms with Crippen molar-refractivity contribution < 1.29 is 4.79 Å². The molecule has 2 aromatic rings. The summed E-state index contributed by atoms with van der Waals surface area (Å²) in [5, 5.41) is 5.18. The first-order valence-electron chi connectivity index (χ1n) is 6.24. The van der Waals surface area contributed by atoms with Crippen molar-refractivity contribution in [3.63, 3.8) is 0 Å². The number of carbonyl (C=O) groups excluding carboxylic acids is 1. The Morgan fingerprint density at radius 2 is 1.84 bits per heavy atom. The van der Waals surface area contributed by atoms with Gasteiger partial charge in [-0.2, -0.15) is 0 Å². The van der Waals surface area contributed by atoms with Gasteiger partial charge in [0.2, 0.25) is 0 Å². The number of nitrogens with one attached hydrogen (secondary N) is 1. The van der Waals surface area contributed by atoms with E-state index in [1.807, 2.05) is 30.3 Å². The third-order valence-corrected chi connectivity index (χ3v) is 4.17. The lowest BCUT2D eigenvalue weighted by Crippen LogP contribution is -2.24. The van der Waals surface area contributed by atoms with E-state index in [9.17, 15) is 4.79 Å². The monoisotopic (exact) mass is 431 g/mol. The molecule has 0 saturated heterocycles. The van der Waals surface area contributed by atoms with Crippen molar-refractivity contribution in [1.29, 1.82) is 0 Å². The highest BCUT2D eigenvalue weighted by atomic mass is 127. The third-order valence-electron chi connectivity index (χ3n) is 2.91. The third kappa shape index (κ3) is 4.18. The summed E-state index contributed by atoms with van der Waals surface area (Å²) < 4.78 is 2.19. The second kappa shape index (κ2) is 7.24. The fourth-order valence-electron chi connectivity index (χ4n) is 1.88. The fourth-order valence-corrected chi connectivity index (χ4v) is 2.80. The molecule has 0 bridgehead atoms. The lowest BCUT2D eigenvalue weighted by molar-refractivity contribution is 0.0953. The molecule has 0 aromatic heterocycles. The summed E-state index contributed by atoms with van der Waals surface area (Å²) >= 11 is 5.80. The Morgan fingerprint density at radius 3 is 2.63 bits per heavy atom. The van der Waals surface area contributed by atoms with Crippen LogP contribution in [-0.2, 0) is 0 Å². The summed E-state index contributed by atoms with van der Waals surface area (Å²) in [7, 11) is 0. The van der Waals surface area contributed by atoms with E-state index in [0.29, 0.717) is 0 Å². The molecule has 0 radical (unpaired) electrons. The molecule has 0 aliphatic carbocycles. The smallest absolute Gasteiger partial charge is 0.251 e. The van der Waals surface area contributed by atoms with Crippen LogP contribution in [0.5, 0.6) is 0 Å². The van der Waals surface area contributed by atoms with Gasteiger partial charge in [0, 0.05) is 16.6 Å². The van der Waals surface area contributed by atoms with Gasteiger partial charge >= 0.3 is 0 Å². The van der Waals surface area contributed by atoms with Crippen LogP contribution >= 0.6 is 38.5 Å². The van der Waals surface area contributed by atoms with Gasteiger partial charge in [-0.3, -0.25) is 4.79 Å². The first kappa shape index (κ1) is 14.8. The molecule has 1 amide bonds. The van der Waals surface area contributed by atoms with Crippen LogP contribution in [0.3, 0.4) is 0 Å². The Labute approximate surface area is 135 Å². The van der Waals surface area contributed by atoms with Gasteiger partial charge in [-0.25, -0.2) is 0 Å². The van der Waals surface area contributed by atoms with Crippen molar-refractivity contribution in [2.24, 2.45) is 0 Å². The highest BCUT2D eigenvalue weighted by molar-refractivity contribution is 14.1. The molecule has 0 saturated carbocycles. The molecule has 0 aliphatic rings. The Hall–Kier alpha value is -0.620. The molecule has 0 atom stereocenters. The molecular formula is C15H15BrINO. The quantitative estimate of drug-likeness (QED) is 0.420. The molecular weight excluding hydrogens is 417 g/mol. The number of benzene rings is 2. The van der Waals surface area contributed by atoms with Crippen LogP contribution in [0, 0.1) is 0 Å². The molecule has 0 fully saturated rings. The van der Waals surface area contributed by atoms with Crippen molar-refractivity contribution in [1.82, 2.24) is 5.32 Å². The van der Waals surface area contributed by atoms with E-state index in [4.69, 9.17) is 0 Å². The molecule has 0 aliphatic heterocycles. The number of unbranched alkanes of at least 4 members (excludes halogenated alkanes) is 1. The minimum absolute atomic E-state index is 0.0123. The number of rotatable bonds is 5. The number of carbonyl (C=O) groups is 1. The van der Waals surface area contributed by atoms with E-state index in [0.717, 1.165) is 44.6 Å². The van der Waals surface area contributed by atoms with Crippen molar-refractivity contribution in [3.8, 4) is 0 Å². The zero-order chi connectivity index (χ0) is 13.7. The molecule has 2 nitrogen and oxygen atoms in total. The average molecular weight is 432 g/mol. The highest BCUT2D eigenvalue weighted by Gasteiger charge is 2.05. The van der Waals surface area contributed by atoms with Gasteiger partial charge < -0.3 is 5.32 Å². The van der Waals surface area contributed by atoms with E-state index >= 15 is 0 Å². The molecule has 4 heteroatoms. The summed E-state index contributed by atoms with van der Waals surface area (Å²) in [5.74, 6) is 0.0123. The number of halogens is 2. The molecule has 2 rings (SSSR count). The van der Waals surface area contributed by atoms with Gasteiger partial charge in [-0.15, -0.1) is 0 Å². The lowest BCUT2D eigenvalue weighted by atomic mass is 10.1. The summed E-state index contributed by atoms with van der Waals surface area (Å²) in [6.45, 7) is 0.750. The van der Waals surface area contributed by atoms with Crippen LogP contribution in [0.4, 0.5) is 0 Å². The maximum absolute atomic E-state index is 12.0. The molecule has 1 N–H and O–H groups in total. The van der Waals surface area contributed by atoms with E-state index in [-0.39, 0.29) is 5.91 Å². The van der Waals surface area contributed by atoms with Crippen LogP contribution in [0.25, 0.3) is 10.8 Å². The summed E-state index contributed by atoms with van der Waals surface area (Å²) in [6.07, 6.45) is 2.18. The van der Waals surface area contributed by atoms with Gasteiger partial charge in [0.25, 0.3) is 5.91 Å². The van der Waals surface area contributed by atoms with Crippen molar-refractivity contribution >= 4 is 55.2 Å². The van der Waals surface area contributed by atoms with E-state index < -0.39 is 0 Å². The zero-order valence-electron chi connectivity index (χ0n) is 10.5. The van der Waals surface area contributed by atoms with E-state index in [1.54, 1.807) is 0 Å². The SMILES string of the molecule is O=C(NCCCCI)c1ccc2cc(Br)ccc2c1. The molecule has 2 aromatic carbocycles. The van der Waals surface area contributed by atoms with Crippen LogP contribution in [-0.4, -0.2) is 16.9 Å². The van der Waals surface area contributed by atoms with Gasteiger partial charge in [-0.05, 0) is 52.3 Å². The zero-order valence-corrected chi connectivity index (χ0v) is 14.2. The number of hydrogen-bond donors (Lipinski definition) is 1. The van der Waals surface area contributed by atoms with E-state index in [1.165, 1.54) is 0 Å². The van der Waals surface area contributed by atoms with Crippen LogP contribution in [0.1, 0.15) is 23.2 Å². The number of amides is 1. The van der Waals surface area contributed by atoms with Crippen molar-refractivity contribution in [2.45, 2.75) is 12.8 Å². The highest BCUT2D eigenvalue weighted by Crippen LogP contribution is 2.20. The topological polar surface area (TPSA) is 29.1 Å². The predicted molar refractivity (Wildman–Crippen MR) is 92.1 cm³/mol. The first-order chi connectivity index (χ1) is 9.20. The normalized spacial score (nSPS) is 10.6. The maximum atomic E-state index is 12.0. The minimum atomic E-state index is 0.0123. The summed E-state index contributed by atoms with van der Waals surface area (Å²) in [5.41, 5.74) is 0.726. The molecule has 19 heavy (non-hydrogen) atoms. The fraction of sp³-hybridized carbons (Fsp3) is 0.267. The Balaban J connectivity index is 2.08. The largest absolute Gasteiger partial charge is 0.352 e. The predicted octanol–water partition coefficient (Wildman–Crippen LogP) is 4.55. The first-order valence-corrected chi connectivity index (χ1v) is 8.56. The van der Waals surface area contributed by atoms with Crippen molar-refractivity contribution in [3.05, 3.63) is 46.4 Å². The summed E-state index contributed by atoms with van der Waals surface area (Å²) in [4.78, 5) is 12.0. The van der Waals surface area contributed by atoms with Crippen LogP contribution < -0.4 is 5.32 Å². The van der Waals surface area contributed by atoms with Crippen molar-refractivity contribution in [2.75, 3.05) is 11.0 Å². The molecule has 0 spiro atoms. The molecule has 100 valence electrons. The average Bonchev–Trinajstić information content (AvgIpc) is 2.42. The Morgan fingerprint density at radius 1 is 1.11 bits per heavy atom. The van der Waals surface area contributed by atoms with Crippen LogP contribution in [0.2, 0.25) is 0 Å². The van der Waals surface area contributed by atoms with E-state index in [2.05, 4.69) is 49.9 Å². The molecule has 0 unspecified atom stereocenters. The lowest BCUT2D eigenvalue weighted by Gasteiger charge is -2.06. The van der Waals surface area contributed by atoms with Gasteiger partial charge in [0.05, 0.1) is 0 Å². The number of fused-ring (bicyclic) bond motifs is 1. The second-order valence-corrected chi connectivity index (χ2v) is 6.35. The van der Waals surface area contributed by atoms with Gasteiger partial charge in [-0.1, -0.05) is 50.7 Å². The van der Waals surface area contributed by atoms with Crippen LogP contribution in [0.15, 0.2) is 40.9 Å².